The van der Waals surface area contributed by atoms with Crippen LogP contribution >= 0.6 is 0 Å². The van der Waals surface area contributed by atoms with Crippen molar-refractivity contribution in [2.75, 3.05) is 6.54 Å². The molecule has 0 unspecified atom stereocenters. The second-order valence-electron chi connectivity index (χ2n) is 4.31. The molecule has 0 aliphatic carbocycles. The standard InChI is InChI=1S/C14H13N5O/c20-14(12-4-6-15-9-19-12)17-7-3-10-8-18-13-11(10)2-1-5-16-13/h1-2,4-6,8-9H,3,7H2,(H,16,18)(H,17,20). The third-order valence-corrected chi connectivity index (χ3v) is 3.03. The Balaban J connectivity index is 1.62. The number of H-pyrrole nitrogens is 1. The van der Waals surface area contributed by atoms with Gasteiger partial charge in [-0.2, -0.15) is 0 Å². The Morgan fingerprint density at radius 1 is 1.25 bits per heavy atom. The van der Waals surface area contributed by atoms with Crippen LogP contribution in [-0.4, -0.2) is 32.4 Å². The first-order valence-electron chi connectivity index (χ1n) is 6.30. The summed E-state index contributed by atoms with van der Waals surface area (Å²) in [5.74, 6) is -0.189. The number of hydrogen-bond acceptors (Lipinski definition) is 4. The van der Waals surface area contributed by atoms with Gasteiger partial charge in [0.25, 0.3) is 5.91 Å². The number of carbonyl (C=O) groups is 1. The molecule has 0 fully saturated rings. The maximum absolute atomic E-state index is 11.8. The lowest BCUT2D eigenvalue weighted by molar-refractivity contribution is 0.0949. The van der Waals surface area contributed by atoms with Gasteiger partial charge in [-0.3, -0.25) is 4.79 Å². The minimum absolute atomic E-state index is 0.189. The van der Waals surface area contributed by atoms with Crippen LogP contribution in [0.4, 0.5) is 0 Å². The van der Waals surface area contributed by atoms with Crippen molar-refractivity contribution >= 4 is 16.9 Å². The van der Waals surface area contributed by atoms with Crippen molar-refractivity contribution in [3.63, 3.8) is 0 Å². The molecule has 0 bridgehead atoms. The fourth-order valence-electron chi connectivity index (χ4n) is 2.05. The van der Waals surface area contributed by atoms with E-state index in [-0.39, 0.29) is 5.91 Å². The van der Waals surface area contributed by atoms with Crippen molar-refractivity contribution in [3.05, 3.63) is 54.4 Å². The normalized spacial score (nSPS) is 10.6. The number of fused-ring (bicyclic) bond motifs is 1. The number of hydrogen-bond donors (Lipinski definition) is 2. The minimum Gasteiger partial charge on any atom is -0.350 e. The third-order valence-electron chi connectivity index (χ3n) is 3.03. The number of aromatic amines is 1. The van der Waals surface area contributed by atoms with Gasteiger partial charge in [0.15, 0.2) is 0 Å². The van der Waals surface area contributed by atoms with Crippen molar-refractivity contribution in [2.24, 2.45) is 0 Å². The fraction of sp³-hybridized carbons (Fsp3) is 0.143. The van der Waals surface area contributed by atoms with Gasteiger partial charge < -0.3 is 10.3 Å². The van der Waals surface area contributed by atoms with E-state index in [1.807, 2.05) is 18.3 Å². The molecule has 0 atom stereocenters. The Bertz CT molecular complexity index is 723. The number of nitrogens with one attached hydrogen (secondary N) is 2. The van der Waals surface area contributed by atoms with Crippen LogP contribution in [-0.2, 0) is 6.42 Å². The maximum atomic E-state index is 11.8. The average molecular weight is 267 g/mol. The van der Waals surface area contributed by atoms with Crippen LogP contribution in [0.5, 0.6) is 0 Å². The van der Waals surface area contributed by atoms with Crippen LogP contribution in [0.1, 0.15) is 16.1 Å². The molecule has 3 rings (SSSR count). The number of pyridine rings is 1. The first-order chi connectivity index (χ1) is 9.84. The highest BCUT2D eigenvalue weighted by Gasteiger charge is 2.07. The van der Waals surface area contributed by atoms with E-state index in [1.165, 1.54) is 6.33 Å². The highest BCUT2D eigenvalue weighted by Crippen LogP contribution is 2.15. The molecule has 6 heteroatoms. The monoisotopic (exact) mass is 267 g/mol. The van der Waals surface area contributed by atoms with Crippen molar-refractivity contribution < 1.29 is 4.79 Å². The zero-order chi connectivity index (χ0) is 13.8. The first-order valence-corrected chi connectivity index (χ1v) is 6.30. The minimum atomic E-state index is -0.189. The SMILES string of the molecule is O=C(NCCc1c[nH]c2ncccc12)c1ccncn1. The lowest BCUT2D eigenvalue weighted by Crippen LogP contribution is -2.26. The molecule has 0 aromatic carbocycles. The van der Waals surface area contributed by atoms with E-state index in [2.05, 4.69) is 25.3 Å². The molecule has 2 N–H and O–H groups in total. The van der Waals surface area contributed by atoms with Crippen LogP contribution in [0.15, 0.2) is 43.1 Å². The zero-order valence-corrected chi connectivity index (χ0v) is 10.7. The molecule has 20 heavy (non-hydrogen) atoms. The Morgan fingerprint density at radius 2 is 2.20 bits per heavy atom. The summed E-state index contributed by atoms with van der Waals surface area (Å²) in [6.45, 7) is 0.546. The highest BCUT2D eigenvalue weighted by molar-refractivity contribution is 5.92. The zero-order valence-electron chi connectivity index (χ0n) is 10.7. The molecule has 3 heterocycles. The summed E-state index contributed by atoms with van der Waals surface area (Å²) >= 11 is 0. The van der Waals surface area contributed by atoms with E-state index in [0.29, 0.717) is 12.2 Å². The van der Waals surface area contributed by atoms with Gasteiger partial charge in [0.2, 0.25) is 0 Å². The molecule has 3 aromatic heterocycles. The van der Waals surface area contributed by atoms with Crippen LogP contribution in [0.3, 0.4) is 0 Å². The summed E-state index contributed by atoms with van der Waals surface area (Å²) in [5.41, 5.74) is 2.38. The van der Waals surface area contributed by atoms with Crippen LogP contribution in [0.25, 0.3) is 11.0 Å². The third kappa shape index (κ3) is 2.49. The molecule has 0 saturated heterocycles. The Hall–Kier alpha value is -2.76. The van der Waals surface area contributed by atoms with E-state index >= 15 is 0 Å². The molecule has 6 nitrogen and oxygen atoms in total. The number of nitrogens with zero attached hydrogens (tertiary/aromatic N) is 3. The van der Waals surface area contributed by atoms with Gasteiger partial charge in [-0.1, -0.05) is 0 Å². The second-order valence-corrected chi connectivity index (χ2v) is 4.31. The van der Waals surface area contributed by atoms with Crippen molar-refractivity contribution in [1.29, 1.82) is 0 Å². The Morgan fingerprint density at radius 3 is 3.05 bits per heavy atom. The van der Waals surface area contributed by atoms with E-state index in [9.17, 15) is 4.79 Å². The number of carbonyl (C=O) groups excluding carboxylic acids is 1. The number of amides is 1. The largest absolute Gasteiger partial charge is 0.350 e. The van der Waals surface area contributed by atoms with Gasteiger partial charge in [0.05, 0.1) is 0 Å². The molecule has 100 valence electrons. The highest BCUT2D eigenvalue weighted by atomic mass is 16.1. The lowest BCUT2D eigenvalue weighted by Gasteiger charge is -2.03. The first kappa shape index (κ1) is 12.3. The number of rotatable bonds is 4. The average Bonchev–Trinajstić information content (AvgIpc) is 2.92. The summed E-state index contributed by atoms with van der Waals surface area (Å²) in [5, 5.41) is 3.93. The lowest BCUT2D eigenvalue weighted by atomic mass is 10.1. The van der Waals surface area contributed by atoms with Gasteiger partial charge in [-0.15, -0.1) is 0 Å². The fourth-order valence-corrected chi connectivity index (χ4v) is 2.05. The second kappa shape index (κ2) is 5.48. The Labute approximate surface area is 115 Å². The Kier molecular flexibility index (Phi) is 3.36. The molecular weight excluding hydrogens is 254 g/mol. The summed E-state index contributed by atoms with van der Waals surface area (Å²) in [6.07, 6.45) is 7.32. The molecule has 0 aliphatic heterocycles. The molecular formula is C14H13N5O. The molecule has 0 radical (unpaired) electrons. The summed E-state index contributed by atoms with van der Waals surface area (Å²) in [6, 6.07) is 5.50. The predicted molar refractivity (Wildman–Crippen MR) is 74.2 cm³/mol. The van der Waals surface area contributed by atoms with Crippen LogP contribution < -0.4 is 5.32 Å². The van der Waals surface area contributed by atoms with Crippen molar-refractivity contribution in [1.82, 2.24) is 25.3 Å². The maximum Gasteiger partial charge on any atom is 0.270 e. The van der Waals surface area contributed by atoms with E-state index in [0.717, 1.165) is 23.0 Å². The summed E-state index contributed by atoms with van der Waals surface area (Å²) in [7, 11) is 0. The molecule has 0 aliphatic rings. The van der Waals surface area contributed by atoms with Crippen LogP contribution in [0, 0.1) is 0 Å². The van der Waals surface area contributed by atoms with Crippen molar-refractivity contribution in [3.8, 4) is 0 Å². The number of aromatic nitrogens is 4. The van der Waals surface area contributed by atoms with Gasteiger partial charge in [-0.25, -0.2) is 15.0 Å². The van der Waals surface area contributed by atoms with Crippen molar-refractivity contribution in [2.45, 2.75) is 6.42 Å². The van der Waals surface area contributed by atoms with E-state index in [4.69, 9.17) is 0 Å². The molecule has 1 amide bonds. The summed E-state index contributed by atoms with van der Waals surface area (Å²) < 4.78 is 0. The quantitative estimate of drug-likeness (QED) is 0.747. The van der Waals surface area contributed by atoms with E-state index < -0.39 is 0 Å². The molecule has 3 aromatic rings. The summed E-state index contributed by atoms with van der Waals surface area (Å²) in [4.78, 5) is 26.8. The molecule has 0 saturated carbocycles. The van der Waals surface area contributed by atoms with Gasteiger partial charge in [0, 0.05) is 30.5 Å². The topological polar surface area (TPSA) is 83.6 Å². The predicted octanol–water partition coefficient (Wildman–Crippen LogP) is 1.33. The molecule has 0 spiro atoms. The van der Waals surface area contributed by atoms with Gasteiger partial charge in [-0.05, 0) is 30.2 Å². The van der Waals surface area contributed by atoms with E-state index in [1.54, 1.807) is 18.5 Å². The van der Waals surface area contributed by atoms with Gasteiger partial charge >= 0.3 is 0 Å². The smallest absolute Gasteiger partial charge is 0.270 e. The van der Waals surface area contributed by atoms with Gasteiger partial charge in [0.1, 0.15) is 17.7 Å². The van der Waals surface area contributed by atoms with Crippen LogP contribution in [0.2, 0.25) is 0 Å².